The molecular formula is C16H17Cl3FNO. The van der Waals surface area contributed by atoms with Crippen LogP contribution in [-0.2, 0) is 13.1 Å². The smallest absolute Gasteiger partial charge is 0.142 e. The SMILES string of the molecule is CCOc1c(Cl)cc(Cl)cc1CNCc1ccc(F)cc1.Cl. The Balaban J connectivity index is 0.00000242. The summed E-state index contributed by atoms with van der Waals surface area (Å²) in [6.07, 6.45) is 0. The molecule has 0 saturated heterocycles. The van der Waals surface area contributed by atoms with E-state index in [-0.39, 0.29) is 18.2 Å². The van der Waals surface area contributed by atoms with Crippen molar-refractivity contribution < 1.29 is 9.13 Å². The highest BCUT2D eigenvalue weighted by Gasteiger charge is 2.10. The van der Waals surface area contributed by atoms with Gasteiger partial charge >= 0.3 is 0 Å². The van der Waals surface area contributed by atoms with Gasteiger partial charge in [-0.2, -0.15) is 0 Å². The van der Waals surface area contributed by atoms with Crippen molar-refractivity contribution >= 4 is 35.6 Å². The zero-order chi connectivity index (χ0) is 15.2. The average Bonchev–Trinajstić information content (AvgIpc) is 2.44. The molecule has 0 radical (unpaired) electrons. The molecule has 0 heterocycles. The Bertz CT molecular complexity index is 605. The van der Waals surface area contributed by atoms with Gasteiger partial charge in [0, 0.05) is 23.7 Å². The number of nitrogens with one attached hydrogen (secondary N) is 1. The number of hydrogen-bond donors (Lipinski definition) is 1. The predicted octanol–water partition coefficient (Wildman–Crippen LogP) is 5.24. The van der Waals surface area contributed by atoms with Gasteiger partial charge in [-0.15, -0.1) is 12.4 Å². The van der Waals surface area contributed by atoms with Crippen LogP contribution in [0.15, 0.2) is 36.4 Å². The lowest BCUT2D eigenvalue weighted by molar-refractivity contribution is 0.335. The van der Waals surface area contributed by atoms with Gasteiger partial charge in [0.15, 0.2) is 0 Å². The highest BCUT2D eigenvalue weighted by Crippen LogP contribution is 2.32. The summed E-state index contributed by atoms with van der Waals surface area (Å²) in [7, 11) is 0. The Morgan fingerprint density at radius 3 is 2.41 bits per heavy atom. The van der Waals surface area contributed by atoms with E-state index < -0.39 is 0 Å². The van der Waals surface area contributed by atoms with Crippen molar-refractivity contribution in [2.45, 2.75) is 20.0 Å². The molecule has 0 atom stereocenters. The van der Waals surface area contributed by atoms with E-state index in [1.54, 1.807) is 18.2 Å². The molecule has 0 fully saturated rings. The molecule has 0 aliphatic carbocycles. The lowest BCUT2D eigenvalue weighted by Gasteiger charge is -2.13. The maximum absolute atomic E-state index is 12.8. The van der Waals surface area contributed by atoms with E-state index in [9.17, 15) is 4.39 Å². The third-order valence-electron chi connectivity index (χ3n) is 2.93. The first-order valence-corrected chi connectivity index (χ1v) is 7.41. The summed E-state index contributed by atoms with van der Waals surface area (Å²) in [4.78, 5) is 0. The second-order valence-corrected chi connectivity index (χ2v) is 5.38. The third kappa shape index (κ3) is 5.33. The predicted molar refractivity (Wildman–Crippen MR) is 91.8 cm³/mol. The van der Waals surface area contributed by atoms with Gasteiger partial charge in [-0.1, -0.05) is 35.3 Å². The van der Waals surface area contributed by atoms with Gasteiger partial charge in [-0.3, -0.25) is 0 Å². The van der Waals surface area contributed by atoms with E-state index in [2.05, 4.69) is 5.32 Å². The van der Waals surface area contributed by atoms with E-state index >= 15 is 0 Å². The normalized spacial score (nSPS) is 10.2. The summed E-state index contributed by atoms with van der Waals surface area (Å²) in [5.74, 6) is 0.411. The number of rotatable bonds is 6. The largest absolute Gasteiger partial charge is 0.492 e. The fourth-order valence-corrected chi connectivity index (χ4v) is 2.58. The Labute approximate surface area is 146 Å². The molecule has 0 amide bonds. The molecule has 2 aromatic rings. The molecule has 2 nitrogen and oxygen atoms in total. The van der Waals surface area contributed by atoms with Crippen molar-refractivity contribution in [2.24, 2.45) is 0 Å². The third-order valence-corrected chi connectivity index (χ3v) is 3.43. The van der Waals surface area contributed by atoms with Crippen molar-refractivity contribution in [3.05, 3.63) is 63.4 Å². The zero-order valence-corrected chi connectivity index (χ0v) is 14.4. The van der Waals surface area contributed by atoms with E-state index in [1.165, 1.54) is 12.1 Å². The van der Waals surface area contributed by atoms with Crippen molar-refractivity contribution in [3.8, 4) is 5.75 Å². The van der Waals surface area contributed by atoms with Crippen LogP contribution in [0.25, 0.3) is 0 Å². The maximum atomic E-state index is 12.8. The van der Waals surface area contributed by atoms with Gasteiger partial charge in [0.2, 0.25) is 0 Å². The lowest BCUT2D eigenvalue weighted by atomic mass is 10.2. The van der Waals surface area contributed by atoms with Crippen LogP contribution in [0.2, 0.25) is 10.0 Å². The molecule has 2 aromatic carbocycles. The van der Waals surface area contributed by atoms with Crippen LogP contribution < -0.4 is 10.1 Å². The summed E-state index contributed by atoms with van der Waals surface area (Å²) in [6.45, 7) is 3.62. The molecule has 0 saturated carbocycles. The monoisotopic (exact) mass is 363 g/mol. The molecule has 0 aliphatic rings. The standard InChI is InChI=1S/C16H16Cl2FNO.ClH/c1-2-21-16-12(7-13(17)8-15(16)18)10-20-9-11-3-5-14(19)6-4-11;/h3-8,20H,2,9-10H2,1H3;1H. The molecule has 0 bridgehead atoms. The quantitative estimate of drug-likeness (QED) is 0.756. The van der Waals surface area contributed by atoms with Crippen LogP contribution in [0.4, 0.5) is 4.39 Å². The molecule has 2 rings (SSSR count). The van der Waals surface area contributed by atoms with E-state index in [4.69, 9.17) is 27.9 Å². The van der Waals surface area contributed by atoms with Gasteiger partial charge in [-0.05, 0) is 36.8 Å². The second-order valence-electron chi connectivity index (χ2n) is 4.54. The average molecular weight is 365 g/mol. The molecule has 0 unspecified atom stereocenters. The van der Waals surface area contributed by atoms with Crippen LogP contribution in [-0.4, -0.2) is 6.61 Å². The number of benzene rings is 2. The molecule has 1 N–H and O–H groups in total. The van der Waals surface area contributed by atoms with Crippen LogP contribution in [0.3, 0.4) is 0 Å². The van der Waals surface area contributed by atoms with E-state index in [0.29, 0.717) is 35.5 Å². The Kier molecular flexibility index (Phi) is 7.97. The summed E-state index contributed by atoms with van der Waals surface area (Å²) in [5, 5.41) is 4.34. The van der Waals surface area contributed by atoms with Crippen molar-refractivity contribution in [2.75, 3.05) is 6.61 Å². The fraction of sp³-hybridized carbons (Fsp3) is 0.250. The van der Waals surface area contributed by atoms with Gasteiger partial charge in [0.1, 0.15) is 11.6 Å². The molecule has 120 valence electrons. The van der Waals surface area contributed by atoms with Crippen LogP contribution in [0.1, 0.15) is 18.1 Å². The first kappa shape index (κ1) is 19.0. The first-order chi connectivity index (χ1) is 10.1. The molecule has 0 aliphatic heterocycles. The second kappa shape index (κ2) is 9.21. The van der Waals surface area contributed by atoms with Crippen molar-refractivity contribution in [3.63, 3.8) is 0 Å². The summed E-state index contributed by atoms with van der Waals surface area (Å²) in [5.41, 5.74) is 1.90. The van der Waals surface area contributed by atoms with Gasteiger partial charge in [0.05, 0.1) is 11.6 Å². The number of hydrogen-bond acceptors (Lipinski definition) is 2. The molecular weight excluding hydrogens is 348 g/mol. The highest BCUT2D eigenvalue weighted by molar-refractivity contribution is 6.35. The molecule has 22 heavy (non-hydrogen) atoms. The zero-order valence-electron chi connectivity index (χ0n) is 12.0. The molecule has 0 spiro atoms. The number of halogens is 4. The summed E-state index contributed by atoms with van der Waals surface area (Å²) >= 11 is 12.2. The van der Waals surface area contributed by atoms with Gasteiger partial charge in [-0.25, -0.2) is 4.39 Å². The summed E-state index contributed by atoms with van der Waals surface area (Å²) < 4.78 is 18.4. The van der Waals surface area contributed by atoms with E-state index in [0.717, 1.165) is 11.1 Å². The van der Waals surface area contributed by atoms with Gasteiger partial charge in [0.25, 0.3) is 0 Å². The van der Waals surface area contributed by atoms with E-state index in [1.807, 2.05) is 13.0 Å². The Morgan fingerprint density at radius 2 is 1.77 bits per heavy atom. The molecule has 0 aromatic heterocycles. The van der Waals surface area contributed by atoms with Crippen LogP contribution in [0.5, 0.6) is 5.75 Å². The minimum absolute atomic E-state index is 0. The minimum Gasteiger partial charge on any atom is -0.492 e. The maximum Gasteiger partial charge on any atom is 0.142 e. The molecule has 6 heteroatoms. The summed E-state index contributed by atoms with van der Waals surface area (Å²) in [6, 6.07) is 9.87. The van der Waals surface area contributed by atoms with Crippen LogP contribution in [0, 0.1) is 5.82 Å². The van der Waals surface area contributed by atoms with Crippen LogP contribution >= 0.6 is 35.6 Å². The van der Waals surface area contributed by atoms with Gasteiger partial charge < -0.3 is 10.1 Å². The van der Waals surface area contributed by atoms with Crippen molar-refractivity contribution in [1.82, 2.24) is 5.32 Å². The highest BCUT2D eigenvalue weighted by atomic mass is 35.5. The Morgan fingerprint density at radius 1 is 1.09 bits per heavy atom. The first-order valence-electron chi connectivity index (χ1n) is 6.66. The fourth-order valence-electron chi connectivity index (χ4n) is 1.99. The topological polar surface area (TPSA) is 21.3 Å². The lowest BCUT2D eigenvalue weighted by Crippen LogP contribution is -2.14. The minimum atomic E-state index is -0.237. The van der Waals surface area contributed by atoms with Crippen molar-refractivity contribution in [1.29, 1.82) is 0 Å². The number of ether oxygens (including phenoxy) is 1. The Hall–Kier alpha value is -1.00.